The molecule has 1 aromatic carbocycles. The van der Waals surface area contributed by atoms with E-state index >= 15 is 0 Å². The van der Waals surface area contributed by atoms with Gasteiger partial charge in [-0.05, 0) is 18.2 Å². The first kappa shape index (κ1) is 15.9. The molecule has 8 heteroatoms. The van der Waals surface area contributed by atoms with Crippen LogP contribution in [-0.2, 0) is 9.59 Å². The number of nitrogens with zero attached hydrogens (tertiary/aromatic N) is 2. The van der Waals surface area contributed by atoms with Crippen molar-refractivity contribution in [2.45, 2.75) is 0 Å². The molecule has 0 bridgehead atoms. The monoisotopic (exact) mass is 364 g/mol. The lowest BCUT2D eigenvalue weighted by molar-refractivity contribution is -0.140. The molecule has 2 aromatic rings. The summed E-state index contributed by atoms with van der Waals surface area (Å²) in [5.41, 5.74) is 1.34. The summed E-state index contributed by atoms with van der Waals surface area (Å²) in [6.07, 6.45) is 1.59. The lowest BCUT2D eigenvalue weighted by atomic mass is 10.1. The first-order valence-electron chi connectivity index (χ1n) is 6.48. The van der Waals surface area contributed by atoms with Crippen LogP contribution in [-0.4, -0.2) is 37.7 Å². The van der Waals surface area contributed by atoms with Crippen LogP contribution < -0.4 is 0 Å². The number of amides is 1. The van der Waals surface area contributed by atoms with Crippen LogP contribution in [0.15, 0.2) is 35.2 Å². The van der Waals surface area contributed by atoms with Gasteiger partial charge in [0.2, 0.25) is 0 Å². The van der Waals surface area contributed by atoms with Crippen molar-refractivity contribution in [2.24, 2.45) is 0 Å². The van der Waals surface area contributed by atoms with Crippen molar-refractivity contribution in [3.63, 3.8) is 0 Å². The van der Waals surface area contributed by atoms with Gasteiger partial charge in [-0.15, -0.1) is 0 Å². The topological polar surface area (TPSA) is 70.5 Å². The van der Waals surface area contributed by atoms with E-state index in [4.69, 9.17) is 28.9 Å². The molecule has 1 N–H and O–H groups in total. The molecule has 0 atom stereocenters. The van der Waals surface area contributed by atoms with Gasteiger partial charge in [0.05, 0.1) is 10.4 Å². The van der Waals surface area contributed by atoms with Crippen molar-refractivity contribution in [2.75, 3.05) is 6.54 Å². The molecule has 1 aromatic heterocycles. The molecule has 5 nitrogen and oxygen atoms in total. The third-order valence-electron chi connectivity index (χ3n) is 3.16. The molecule has 1 aliphatic rings. The number of rotatable bonds is 3. The fraction of sp³-hybridized carbons (Fsp3) is 0.0667. The number of benzene rings is 1. The highest BCUT2D eigenvalue weighted by atomic mass is 35.5. The third-order valence-corrected chi connectivity index (χ3v) is 4.84. The van der Waals surface area contributed by atoms with Gasteiger partial charge < -0.3 is 5.11 Å². The van der Waals surface area contributed by atoms with Crippen LogP contribution in [0.3, 0.4) is 0 Å². The third kappa shape index (κ3) is 3.21. The van der Waals surface area contributed by atoms with Crippen molar-refractivity contribution in [3.05, 3.63) is 46.0 Å². The second kappa shape index (κ2) is 6.27. The highest BCUT2D eigenvalue weighted by Crippen LogP contribution is 2.33. The number of pyridine rings is 1. The summed E-state index contributed by atoms with van der Waals surface area (Å²) in [7, 11) is 0. The molecule has 0 unspecified atom stereocenters. The van der Waals surface area contributed by atoms with E-state index in [-0.39, 0.29) is 9.47 Å². The Labute approximate surface area is 145 Å². The highest BCUT2D eigenvalue weighted by molar-refractivity contribution is 8.26. The zero-order valence-electron chi connectivity index (χ0n) is 11.5. The van der Waals surface area contributed by atoms with E-state index in [2.05, 4.69) is 4.98 Å². The number of aromatic nitrogens is 1. The van der Waals surface area contributed by atoms with Gasteiger partial charge in [0.25, 0.3) is 5.91 Å². The quantitative estimate of drug-likeness (QED) is 0.512. The number of aliphatic carboxylic acids is 1. The maximum Gasteiger partial charge on any atom is 0.323 e. The van der Waals surface area contributed by atoms with E-state index in [1.54, 1.807) is 6.08 Å². The minimum atomic E-state index is -1.12. The minimum Gasteiger partial charge on any atom is -0.480 e. The van der Waals surface area contributed by atoms with Crippen LogP contribution in [0.25, 0.3) is 17.0 Å². The predicted octanol–water partition coefficient (Wildman–Crippen LogP) is 3.17. The number of carboxylic acid groups (broad SMARTS) is 1. The van der Waals surface area contributed by atoms with Crippen LogP contribution >= 0.6 is 35.6 Å². The molecule has 23 heavy (non-hydrogen) atoms. The van der Waals surface area contributed by atoms with E-state index in [1.165, 1.54) is 0 Å². The molecule has 0 spiro atoms. The maximum absolute atomic E-state index is 12.3. The summed E-state index contributed by atoms with van der Waals surface area (Å²) in [5.74, 6) is -1.56. The van der Waals surface area contributed by atoms with Gasteiger partial charge in [-0.1, -0.05) is 53.8 Å². The van der Waals surface area contributed by atoms with E-state index < -0.39 is 18.4 Å². The molecule has 1 amide bonds. The largest absolute Gasteiger partial charge is 0.480 e. The van der Waals surface area contributed by atoms with E-state index in [0.717, 1.165) is 27.6 Å². The molecule has 0 radical (unpaired) electrons. The lowest BCUT2D eigenvalue weighted by Gasteiger charge is -2.10. The molecule has 0 aliphatic carbocycles. The number of para-hydroxylation sites is 1. The molecule has 116 valence electrons. The minimum absolute atomic E-state index is 0.216. The zero-order valence-corrected chi connectivity index (χ0v) is 13.9. The highest BCUT2D eigenvalue weighted by Gasteiger charge is 2.33. The molecule has 0 saturated carbocycles. The first-order chi connectivity index (χ1) is 11.0. The van der Waals surface area contributed by atoms with Crippen molar-refractivity contribution >= 4 is 68.8 Å². The Kier molecular flexibility index (Phi) is 4.34. The van der Waals surface area contributed by atoms with Crippen molar-refractivity contribution in [1.29, 1.82) is 0 Å². The van der Waals surface area contributed by atoms with Gasteiger partial charge in [-0.2, -0.15) is 0 Å². The summed E-state index contributed by atoms with van der Waals surface area (Å²) in [6, 6.07) is 9.31. The van der Waals surface area contributed by atoms with Crippen LogP contribution in [0.5, 0.6) is 0 Å². The van der Waals surface area contributed by atoms with Crippen LogP contribution in [0.1, 0.15) is 5.56 Å². The number of carbonyl (C=O) groups excluding carboxylic acids is 1. The number of hydrogen-bond acceptors (Lipinski definition) is 5. The fourth-order valence-electron chi connectivity index (χ4n) is 2.12. The Morgan fingerprint density at radius 1 is 1.43 bits per heavy atom. The Morgan fingerprint density at radius 3 is 2.91 bits per heavy atom. The summed E-state index contributed by atoms with van der Waals surface area (Å²) in [6.45, 7) is -0.453. The van der Waals surface area contributed by atoms with Crippen LogP contribution in [0, 0.1) is 0 Å². The van der Waals surface area contributed by atoms with E-state index in [1.807, 2.05) is 30.3 Å². The molecule has 1 aliphatic heterocycles. The zero-order chi connectivity index (χ0) is 16.6. The fourth-order valence-corrected chi connectivity index (χ4v) is 3.57. The average molecular weight is 365 g/mol. The Bertz CT molecular complexity index is 882. The number of carboxylic acids is 1. The van der Waals surface area contributed by atoms with Crippen molar-refractivity contribution < 1.29 is 14.7 Å². The molecular formula is C15H9ClN2O3S2. The second-order valence-corrected chi connectivity index (χ2v) is 6.76. The number of thiocarbonyl (C=S) groups is 1. The first-order valence-corrected chi connectivity index (χ1v) is 8.08. The van der Waals surface area contributed by atoms with Crippen molar-refractivity contribution in [1.82, 2.24) is 9.88 Å². The van der Waals surface area contributed by atoms with Gasteiger partial charge >= 0.3 is 5.97 Å². The average Bonchev–Trinajstić information content (AvgIpc) is 2.75. The number of thioether (sulfide) groups is 1. The van der Waals surface area contributed by atoms with Gasteiger partial charge in [0.15, 0.2) is 0 Å². The summed E-state index contributed by atoms with van der Waals surface area (Å²) in [5, 5.41) is 10.00. The van der Waals surface area contributed by atoms with Gasteiger partial charge in [-0.3, -0.25) is 14.5 Å². The molecule has 2 heterocycles. The second-order valence-electron chi connectivity index (χ2n) is 4.72. The SMILES string of the molecule is O=C(O)CN1C(=O)/C(=C/c2cc3ccccc3nc2Cl)SC1=S. The van der Waals surface area contributed by atoms with E-state index in [0.29, 0.717) is 10.5 Å². The van der Waals surface area contributed by atoms with Gasteiger partial charge in [-0.25, -0.2) is 4.98 Å². The Morgan fingerprint density at radius 2 is 2.17 bits per heavy atom. The summed E-state index contributed by atoms with van der Waals surface area (Å²) < 4.78 is 0.216. The maximum atomic E-state index is 12.3. The van der Waals surface area contributed by atoms with Crippen molar-refractivity contribution in [3.8, 4) is 0 Å². The molecular weight excluding hydrogens is 356 g/mol. The molecule has 3 rings (SSSR count). The smallest absolute Gasteiger partial charge is 0.323 e. The summed E-state index contributed by atoms with van der Waals surface area (Å²) >= 11 is 12.3. The number of hydrogen-bond donors (Lipinski definition) is 1. The number of halogens is 1. The summed E-state index contributed by atoms with van der Waals surface area (Å²) in [4.78, 5) is 28.7. The number of fused-ring (bicyclic) bond motifs is 1. The van der Waals surface area contributed by atoms with Gasteiger partial charge in [0.1, 0.15) is 16.0 Å². The number of carbonyl (C=O) groups is 2. The van der Waals surface area contributed by atoms with Crippen LogP contribution in [0.4, 0.5) is 0 Å². The Hall–Kier alpha value is -1.96. The van der Waals surface area contributed by atoms with E-state index in [9.17, 15) is 9.59 Å². The van der Waals surface area contributed by atoms with Gasteiger partial charge in [0, 0.05) is 10.9 Å². The standard InChI is InChI=1S/C15H9ClN2O3S2/c16-13-9(5-8-3-1-2-4-10(8)17-13)6-11-14(21)18(7-12(19)20)15(22)23-11/h1-6H,7H2,(H,19,20)/b11-6-. The molecule has 1 saturated heterocycles. The van der Waals surface area contributed by atoms with Crippen LogP contribution in [0.2, 0.25) is 5.15 Å². The molecule has 1 fully saturated rings. The Balaban J connectivity index is 1.99. The predicted molar refractivity (Wildman–Crippen MR) is 94.3 cm³/mol. The normalized spacial score (nSPS) is 16.6. The lowest BCUT2D eigenvalue weighted by Crippen LogP contribution is -2.33.